The molecule has 3 N–H and O–H groups in total. The van der Waals surface area contributed by atoms with E-state index in [0.717, 1.165) is 6.07 Å². The molecule has 3 rings (SSSR count). The van der Waals surface area contributed by atoms with Gasteiger partial charge in [-0.1, -0.05) is 0 Å². The van der Waals surface area contributed by atoms with E-state index >= 15 is 0 Å². The highest BCUT2D eigenvalue weighted by Crippen LogP contribution is 2.35. The summed E-state index contributed by atoms with van der Waals surface area (Å²) in [4.78, 5) is 21.8. The predicted molar refractivity (Wildman–Crippen MR) is 82.3 cm³/mol. The van der Waals surface area contributed by atoms with Gasteiger partial charge in [0.15, 0.2) is 11.5 Å². The maximum Gasteiger partial charge on any atom is 0.293 e. The van der Waals surface area contributed by atoms with Gasteiger partial charge in [0.05, 0.1) is 4.92 Å². The second-order valence-corrected chi connectivity index (χ2v) is 4.84. The van der Waals surface area contributed by atoms with Gasteiger partial charge in [0.25, 0.3) is 5.69 Å². The van der Waals surface area contributed by atoms with Crippen molar-refractivity contribution in [2.45, 2.75) is 0 Å². The summed E-state index contributed by atoms with van der Waals surface area (Å²) in [5, 5.41) is 14.1. The maximum atomic E-state index is 11.2. The molecule has 2 aromatic carbocycles. The van der Waals surface area contributed by atoms with Crippen LogP contribution in [-0.2, 0) is 0 Å². The molecule has 1 aliphatic rings. The molecule has 118 valence electrons. The molecule has 0 aliphatic carbocycles. The van der Waals surface area contributed by atoms with E-state index in [0.29, 0.717) is 30.4 Å². The zero-order chi connectivity index (χ0) is 16.4. The number of nitrogens with zero attached hydrogens (tertiary/aromatic N) is 1. The average Bonchev–Trinajstić information content (AvgIpc) is 2.54. The van der Waals surface area contributed by atoms with Crippen molar-refractivity contribution < 1.29 is 19.2 Å². The highest BCUT2D eigenvalue weighted by atomic mass is 16.6. The third kappa shape index (κ3) is 3.00. The number of nitro benzene ring substituents is 1. The number of nitro groups is 1. The summed E-state index contributed by atoms with van der Waals surface area (Å²) < 4.78 is 10.9. The summed E-state index contributed by atoms with van der Waals surface area (Å²) >= 11 is 0. The van der Waals surface area contributed by atoms with Crippen LogP contribution in [0.4, 0.5) is 17.1 Å². The van der Waals surface area contributed by atoms with Crippen molar-refractivity contribution in [2.24, 2.45) is 5.73 Å². The lowest BCUT2D eigenvalue weighted by Gasteiger charge is -2.19. The highest BCUT2D eigenvalue weighted by molar-refractivity contribution is 5.94. The number of hydrogen-bond donors (Lipinski definition) is 2. The van der Waals surface area contributed by atoms with Crippen molar-refractivity contribution in [3.05, 3.63) is 52.1 Å². The van der Waals surface area contributed by atoms with Gasteiger partial charge in [-0.2, -0.15) is 0 Å². The Bertz CT molecular complexity index is 791. The number of primary amides is 1. The van der Waals surface area contributed by atoms with Gasteiger partial charge in [-0.15, -0.1) is 0 Å². The van der Waals surface area contributed by atoms with Gasteiger partial charge in [-0.3, -0.25) is 14.9 Å². The summed E-state index contributed by atoms with van der Waals surface area (Å²) in [6.45, 7) is 0.934. The second-order valence-electron chi connectivity index (χ2n) is 4.84. The van der Waals surface area contributed by atoms with Crippen LogP contribution in [0, 0.1) is 10.1 Å². The largest absolute Gasteiger partial charge is 0.486 e. The van der Waals surface area contributed by atoms with E-state index in [9.17, 15) is 14.9 Å². The summed E-state index contributed by atoms with van der Waals surface area (Å²) in [5.41, 5.74) is 5.83. The van der Waals surface area contributed by atoms with Crippen LogP contribution in [0.25, 0.3) is 0 Å². The first-order valence-electron chi connectivity index (χ1n) is 6.79. The Balaban J connectivity index is 1.93. The van der Waals surface area contributed by atoms with E-state index in [4.69, 9.17) is 15.2 Å². The molecule has 0 spiro atoms. The summed E-state index contributed by atoms with van der Waals surface area (Å²) in [6, 6.07) is 9.15. The van der Waals surface area contributed by atoms with Crippen LogP contribution in [-0.4, -0.2) is 24.0 Å². The van der Waals surface area contributed by atoms with Crippen LogP contribution in [0.1, 0.15) is 10.4 Å². The quantitative estimate of drug-likeness (QED) is 0.660. The molecule has 8 heteroatoms. The SMILES string of the molecule is NC(=O)c1ccc(Nc2ccc3c(c2)OCCO3)c([N+](=O)[O-])c1. The van der Waals surface area contributed by atoms with Crippen molar-refractivity contribution in [1.29, 1.82) is 0 Å². The van der Waals surface area contributed by atoms with E-state index in [1.54, 1.807) is 18.2 Å². The maximum absolute atomic E-state index is 11.2. The third-order valence-corrected chi connectivity index (χ3v) is 3.30. The molecule has 0 unspecified atom stereocenters. The number of fused-ring (bicyclic) bond motifs is 1. The lowest BCUT2D eigenvalue weighted by Crippen LogP contribution is -2.15. The minimum atomic E-state index is -0.723. The Labute approximate surface area is 131 Å². The van der Waals surface area contributed by atoms with E-state index in [2.05, 4.69) is 5.32 Å². The normalized spacial score (nSPS) is 12.5. The van der Waals surface area contributed by atoms with Gasteiger partial charge >= 0.3 is 0 Å². The molecule has 1 amide bonds. The fraction of sp³-hybridized carbons (Fsp3) is 0.133. The first-order valence-corrected chi connectivity index (χ1v) is 6.79. The molecule has 0 atom stereocenters. The molecule has 2 aromatic rings. The standard InChI is InChI=1S/C15H13N3O5/c16-15(19)9-1-3-11(12(7-9)18(20)21)17-10-2-4-13-14(8-10)23-6-5-22-13/h1-4,7-8,17H,5-6H2,(H2,16,19). The van der Waals surface area contributed by atoms with Crippen molar-refractivity contribution in [3.63, 3.8) is 0 Å². The Hall–Kier alpha value is -3.29. The molecule has 1 heterocycles. The third-order valence-electron chi connectivity index (χ3n) is 3.30. The van der Waals surface area contributed by atoms with E-state index in [1.807, 2.05) is 0 Å². The molecular weight excluding hydrogens is 302 g/mol. The van der Waals surface area contributed by atoms with Gasteiger partial charge in [-0.05, 0) is 24.3 Å². The predicted octanol–water partition coefficient (Wildman–Crippen LogP) is 2.21. The van der Waals surface area contributed by atoms with Crippen molar-refractivity contribution in [3.8, 4) is 11.5 Å². The zero-order valence-corrected chi connectivity index (χ0v) is 11.9. The smallest absolute Gasteiger partial charge is 0.293 e. The zero-order valence-electron chi connectivity index (χ0n) is 11.9. The summed E-state index contributed by atoms with van der Waals surface area (Å²) in [5.74, 6) is 0.469. The Morgan fingerprint density at radius 3 is 2.57 bits per heavy atom. The molecule has 0 bridgehead atoms. The van der Waals surface area contributed by atoms with Crippen LogP contribution in [0.2, 0.25) is 0 Å². The monoisotopic (exact) mass is 315 g/mol. The number of carbonyl (C=O) groups excluding carboxylic acids is 1. The van der Waals surface area contributed by atoms with Crippen LogP contribution in [0.5, 0.6) is 11.5 Å². The molecule has 0 saturated heterocycles. The van der Waals surface area contributed by atoms with Crippen LogP contribution < -0.4 is 20.5 Å². The fourth-order valence-electron chi connectivity index (χ4n) is 2.22. The first kappa shape index (κ1) is 14.6. The molecule has 1 aliphatic heterocycles. The number of carbonyl (C=O) groups is 1. The average molecular weight is 315 g/mol. The minimum absolute atomic E-state index is 0.0735. The molecule has 0 radical (unpaired) electrons. The number of hydrogen-bond acceptors (Lipinski definition) is 6. The van der Waals surface area contributed by atoms with Gasteiger partial charge in [0.2, 0.25) is 5.91 Å². The summed E-state index contributed by atoms with van der Waals surface area (Å²) in [7, 11) is 0. The van der Waals surface area contributed by atoms with E-state index in [1.165, 1.54) is 12.1 Å². The molecule has 0 fully saturated rings. The number of rotatable bonds is 4. The number of amides is 1. The van der Waals surface area contributed by atoms with Gasteiger partial charge in [-0.25, -0.2) is 0 Å². The molecule has 23 heavy (non-hydrogen) atoms. The number of ether oxygens (including phenoxy) is 2. The van der Waals surface area contributed by atoms with Crippen LogP contribution in [0.15, 0.2) is 36.4 Å². The molecule has 8 nitrogen and oxygen atoms in total. The van der Waals surface area contributed by atoms with Crippen molar-refractivity contribution in [1.82, 2.24) is 0 Å². The summed E-state index contributed by atoms with van der Waals surface area (Å²) in [6.07, 6.45) is 0. The number of anilines is 2. The number of nitrogens with one attached hydrogen (secondary N) is 1. The van der Waals surface area contributed by atoms with Gasteiger partial charge in [0, 0.05) is 23.4 Å². The highest BCUT2D eigenvalue weighted by Gasteiger charge is 2.18. The van der Waals surface area contributed by atoms with Crippen molar-refractivity contribution >= 4 is 23.0 Å². The number of benzene rings is 2. The molecule has 0 saturated carbocycles. The molecule has 0 aromatic heterocycles. The van der Waals surface area contributed by atoms with E-state index in [-0.39, 0.29) is 16.9 Å². The lowest BCUT2D eigenvalue weighted by atomic mass is 10.1. The Morgan fingerprint density at radius 1 is 1.13 bits per heavy atom. The second kappa shape index (κ2) is 5.84. The lowest BCUT2D eigenvalue weighted by molar-refractivity contribution is -0.383. The first-order chi connectivity index (χ1) is 11.0. The Morgan fingerprint density at radius 2 is 1.87 bits per heavy atom. The minimum Gasteiger partial charge on any atom is -0.486 e. The van der Waals surface area contributed by atoms with E-state index < -0.39 is 10.8 Å². The number of nitrogens with two attached hydrogens (primary N) is 1. The van der Waals surface area contributed by atoms with Crippen LogP contribution in [0.3, 0.4) is 0 Å². The van der Waals surface area contributed by atoms with Gasteiger partial charge in [0.1, 0.15) is 18.9 Å². The fourth-order valence-corrected chi connectivity index (χ4v) is 2.22. The van der Waals surface area contributed by atoms with Gasteiger partial charge < -0.3 is 20.5 Å². The topological polar surface area (TPSA) is 117 Å². The molecular formula is C15H13N3O5. The van der Waals surface area contributed by atoms with Crippen molar-refractivity contribution in [2.75, 3.05) is 18.5 Å². The Kier molecular flexibility index (Phi) is 3.71. The van der Waals surface area contributed by atoms with Crippen LogP contribution >= 0.6 is 0 Å².